The molecule has 2 aliphatic rings. The van der Waals surface area contributed by atoms with Gasteiger partial charge in [0.1, 0.15) is 6.61 Å². The summed E-state index contributed by atoms with van der Waals surface area (Å²) in [6.07, 6.45) is 6.04. The highest BCUT2D eigenvalue weighted by atomic mass is 17.2. The maximum absolute atomic E-state index is 6.15. The van der Waals surface area contributed by atoms with E-state index >= 15 is 0 Å². The van der Waals surface area contributed by atoms with Gasteiger partial charge in [0.25, 0.3) is 0 Å². The summed E-state index contributed by atoms with van der Waals surface area (Å²) >= 11 is 0. The van der Waals surface area contributed by atoms with Crippen LogP contribution in [-0.2, 0) is 14.5 Å². The van der Waals surface area contributed by atoms with Crippen LogP contribution in [0.3, 0.4) is 0 Å². The lowest BCUT2D eigenvalue weighted by molar-refractivity contribution is -0.265. The minimum Gasteiger partial charge on any atom is -0.373 e. The molecular weight excluding hydrogens is 218 g/mol. The highest BCUT2D eigenvalue weighted by Gasteiger charge is 2.45. The van der Waals surface area contributed by atoms with E-state index in [-0.39, 0.29) is 0 Å². The van der Waals surface area contributed by atoms with E-state index in [1.165, 1.54) is 5.57 Å². The van der Waals surface area contributed by atoms with Crippen molar-refractivity contribution in [1.29, 1.82) is 0 Å². The van der Waals surface area contributed by atoms with E-state index in [0.717, 1.165) is 19.3 Å². The summed E-state index contributed by atoms with van der Waals surface area (Å²) in [5.41, 5.74) is 1.27. The molecule has 17 heavy (non-hydrogen) atoms. The highest BCUT2D eigenvalue weighted by molar-refractivity contribution is 5.26. The van der Waals surface area contributed by atoms with Gasteiger partial charge in [-0.1, -0.05) is 19.9 Å². The van der Waals surface area contributed by atoms with E-state index in [9.17, 15) is 0 Å². The summed E-state index contributed by atoms with van der Waals surface area (Å²) in [5.74, 6) is 0. The molecule has 0 aromatic heterocycles. The normalized spacial score (nSPS) is 31.3. The number of rotatable bonds is 7. The first-order valence-corrected chi connectivity index (χ1v) is 6.55. The fourth-order valence-corrected chi connectivity index (χ4v) is 2.47. The van der Waals surface area contributed by atoms with E-state index in [1.807, 2.05) is 0 Å². The summed E-state index contributed by atoms with van der Waals surface area (Å²) in [5, 5.41) is 3.44. The topological polar surface area (TPSA) is 49.6 Å². The number of ether oxygens (including phenoxy) is 1. The SMILES string of the molecule is CCC(CC)O[C@@H]1CC(COOC)=C[C@H]2N[C@H]21. The van der Waals surface area contributed by atoms with Gasteiger partial charge in [-0.05, 0) is 24.8 Å². The van der Waals surface area contributed by atoms with Crippen LogP contribution in [0.5, 0.6) is 0 Å². The Morgan fingerprint density at radius 2 is 2.18 bits per heavy atom. The molecule has 0 bridgehead atoms. The zero-order valence-electron chi connectivity index (χ0n) is 10.9. The molecule has 1 heterocycles. The Morgan fingerprint density at radius 1 is 1.41 bits per heavy atom. The van der Waals surface area contributed by atoms with Crippen LogP contribution in [-0.4, -0.2) is 38.0 Å². The Balaban J connectivity index is 1.86. The molecular formula is C13H23NO3. The lowest BCUT2D eigenvalue weighted by Crippen LogP contribution is -2.31. The second-order valence-corrected chi connectivity index (χ2v) is 4.79. The van der Waals surface area contributed by atoms with Crippen molar-refractivity contribution in [1.82, 2.24) is 5.32 Å². The predicted molar refractivity (Wildman–Crippen MR) is 65.6 cm³/mol. The average molecular weight is 241 g/mol. The summed E-state index contributed by atoms with van der Waals surface area (Å²) in [6.45, 7) is 4.91. The molecule has 1 saturated heterocycles. The second-order valence-electron chi connectivity index (χ2n) is 4.79. The fourth-order valence-electron chi connectivity index (χ4n) is 2.47. The molecule has 2 rings (SSSR count). The first-order chi connectivity index (χ1) is 8.28. The molecule has 0 aromatic rings. The predicted octanol–water partition coefficient (Wildman–Crippen LogP) is 1.81. The molecule has 1 fully saturated rings. The van der Waals surface area contributed by atoms with Crippen molar-refractivity contribution in [3.05, 3.63) is 11.6 Å². The van der Waals surface area contributed by atoms with Gasteiger partial charge in [0.15, 0.2) is 0 Å². The molecule has 4 nitrogen and oxygen atoms in total. The van der Waals surface area contributed by atoms with E-state index in [1.54, 1.807) is 7.11 Å². The van der Waals surface area contributed by atoms with Gasteiger partial charge in [0.05, 0.1) is 25.4 Å². The Kier molecular flexibility index (Phi) is 4.56. The average Bonchev–Trinajstić information content (AvgIpc) is 3.12. The van der Waals surface area contributed by atoms with Crippen LogP contribution in [0.25, 0.3) is 0 Å². The lowest BCUT2D eigenvalue weighted by Gasteiger charge is -2.26. The van der Waals surface area contributed by atoms with Crippen molar-refractivity contribution in [2.24, 2.45) is 0 Å². The van der Waals surface area contributed by atoms with Crippen LogP contribution in [0, 0.1) is 0 Å². The van der Waals surface area contributed by atoms with E-state index in [2.05, 4.69) is 30.1 Å². The highest BCUT2D eigenvalue weighted by Crippen LogP contribution is 2.32. The van der Waals surface area contributed by atoms with Gasteiger partial charge >= 0.3 is 0 Å². The Morgan fingerprint density at radius 3 is 2.82 bits per heavy atom. The van der Waals surface area contributed by atoms with E-state index < -0.39 is 0 Å². The monoisotopic (exact) mass is 241 g/mol. The third kappa shape index (κ3) is 3.28. The minimum atomic E-state index is 0.297. The Labute approximate surface area is 103 Å². The molecule has 0 saturated carbocycles. The molecule has 0 amide bonds. The van der Waals surface area contributed by atoms with Gasteiger partial charge in [0.2, 0.25) is 0 Å². The van der Waals surface area contributed by atoms with Crippen molar-refractivity contribution in [2.45, 2.75) is 57.4 Å². The van der Waals surface area contributed by atoms with Crippen molar-refractivity contribution in [3.8, 4) is 0 Å². The van der Waals surface area contributed by atoms with Gasteiger partial charge in [-0.2, -0.15) is 0 Å². The lowest BCUT2D eigenvalue weighted by atomic mass is 9.97. The summed E-state index contributed by atoms with van der Waals surface area (Å²) in [6, 6.07) is 1.00. The van der Waals surface area contributed by atoms with Gasteiger partial charge in [0, 0.05) is 6.04 Å². The van der Waals surface area contributed by atoms with Crippen LogP contribution in [0.15, 0.2) is 11.6 Å². The van der Waals surface area contributed by atoms with Crippen LogP contribution >= 0.6 is 0 Å². The number of nitrogens with one attached hydrogen (secondary N) is 1. The van der Waals surface area contributed by atoms with E-state index in [4.69, 9.17) is 9.62 Å². The molecule has 1 aliphatic carbocycles. The molecule has 0 unspecified atom stereocenters. The van der Waals surface area contributed by atoms with Crippen LogP contribution in [0.1, 0.15) is 33.1 Å². The van der Waals surface area contributed by atoms with Crippen molar-refractivity contribution in [3.63, 3.8) is 0 Å². The fraction of sp³-hybridized carbons (Fsp3) is 0.846. The molecule has 3 atom stereocenters. The van der Waals surface area contributed by atoms with E-state index in [0.29, 0.717) is 30.9 Å². The summed E-state index contributed by atoms with van der Waals surface area (Å²) in [4.78, 5) is 9.64. The van der Waals surface area contributed by atoms with Gasteiger partial charge < -0.3 is 10.1 Å². The maximum atomic E-state index is 6.15. The van der Waals surface area contributed by atoms with Gasteiger partial charge in [-0.15, -0.1) is 0 Å². The molecule has 0 radical (unpaired) electrons. The molecule has 1 aliphatic heterocycles. The molecule has 1 N–H and O–H groups in total. The third-order valence-electron chi connectivity index (χ3n) is 3.58. The molecule has 4 heteroatoms. The van der Waals surface area contributed by atoms with Crippen LogP contribution in [0.4, 0.5) is 0 Å². The van der Waals surface area contributed by atoms with Crippen LogP contribution in [0.2, 0.25) is 0 Å². The third-order valence-corrected chi connectivity index (χ3v) is 3.58. The van der Waals surface area contributed by atoms with Crippen molar-refractivity contribution < 1.29 is 14.5 Å². The quantitative estimate of drug-likeness (QED) is 0.320. The molecule has 0 spiro atoms. The first-order valence-electron chi connectivity index (χ1n) is 6.55. The Hall–Kier alpha value is -0.420. The molecule has 98 valence electrons. The second kappa shape index (κ2) is 5.96. The maximum Gasteiger partial charge on any atom is 0.103 e. The number of fused-ring (bicyclic) bond motifs is 1. The van der Waals surface area contributed by atoms with Gasteiger partial charge in [-0.3, -0.25) is 0 Å². The first kappa shape index (κ1) is 13.0. The van der Waals surface area contributed by atoms with Crippen molar-refractivity contribution in [2.75, 3.05) is 13.7 Å². The summed E-state index contributed by atoms with van der Waals surface area (Å²) < 4.78 is 6.15. The Bertz CT molecular complexity index is 276. The van der Waals surface area contributed by atoms with Crippen LogP contribution < -0.4 is 5.32 Å². The summed E-state index contributed by atoms with van der Waals surface area (Å²) in [7, 11) is 1.54. The zero-order chi connectivity index (χ0) is 12.3. The zero-order valence-corrected chi connectivity index (χ0v) is 10.9. The number of hydrogen-bond donors (Lipinski definition) is 1. The smallest absolute Gasteiger partial charge is 0.103 e. The van der Waals surface area contributed by atoms with Crippen molar-refractivity contribution >= 4 is 0 Å². The largest absolute Gasteiger partial charge is 0.373 e. The standard InChI is InChI=1S/C13H23NO3/c1-4-10(5-2)17-12-7-9(8-16-15-3)6-11-13(12)14-11/h6,10-14H,4-5,7-8H2,1-3H3/t11-,12-,13-/m1/s1. The number of hydrogen-bond acceptors (Lipinski definition) is 4. The van der Waals surface area contributed by atoms with Gasteiger partial charge in [-0.25, -0.2) is 9.78 Å². The molecule has 0 aromatic carbocycles. The minimum absolute atomic E-state index is 0.297.